The molecule has 0 radical (unpaired) electrons. The van der Waals surface area contributed by atoms with E-state index in [2.05, 4.69) is 10.6 Å². The zero-order chi connectivity index (χ0) is 11.3. The third kappa shape index (κ3) is 5.32. The fourth-order valence-electron chi connectivity index (χ4n) is 1.53. The van der Waals surface area contributed by atoms with Crippen molar-refractivity contribution in [1.82, 2.24) is 15.5 Å². The lowest BCUT2D eigenvalue weighted by Crippen LogP contribution is -2.39. The van der Waals surface area contributed by atoms with E-state index in [1.165, 1.54) is 4.90 Å². The summed E-state index contributed by atoms with van der Waals surface area (Å²) in [6.45, 7) is 1.65. The van der Waals surface area contributed by atoms with Crippen LogP contribution < -0.4 is 10.6 Å². The normalized spacial score (nSPS) is 18.8. The topological polar surface area (TPSA) is 61.4 Å². The molecular weight excluding hydrogens is 230 g/mol. The van der Waals surface area contributed by atoms with Crippen molar-refractivity contribution in [3.63, 3.8) is 0 Å². The van der Waals surface area contributed by atoms with Crippen LogP contribution >= 0.6 is 12.4 Å². The summed E-state index contributed by atoms with van der Waals surface area (Å²) in [5.41, 5.74) is 0. The highest BCUT2D eigenvalue weighted by Crippen LogP contribution is 2.03. The van der Waals surface area contributed by atoms with Crippen LogP contribution in [0, 0.1) is 0 Å². The summed E-state index contributed by atoms with van der Waals surface area (Å²) < 4.78 is 0. The molecule has 1 rings (SSSR count). The molecule has 0 aromatic heterocycles. The van der Waals surface area contributed by atoms with Crippen LogP contribution in [0.15, 0.2) is 0 Å². The van der Waals surface area contributed by atoms with E-state index in [9.17, 15) is 9.59 Å². The number of hydrogen-bond donors (Lipinski definition) is 2. The first-order valence-corrected chi connectivity index (χ1v) is 5.30. The molecule has 1 fully saturated rings. The minimum Gasteiger partial charge on any atom is -0.354 e. The summed E-state index contributed by atoms with van der Waals surface area (Å²) in [5.74, 6) is -0.353. The van der Waals surface area contributed by atoms with Gasteiger partial charge in [-0.2, -0.15) is 0 Å². The van der Waals surface area contributed by atoms with E-state index in [0.717, 1.165) is 19.4 Å². The van der Waals surface area contributed by atoms with Crippen molar-refractivity contribution in [2.75, 3.05) is 27.2 Å². The van der Waals surface area contributed by atoms with Gasteiger partial charge in [-0.25, -0.2) is 0 Å². The molecule has 16 heavy (non-hydrogen) atoms. The summed E-state index contributed by atoms with van der Waals surface area (Å²) in [5, 5.41) is 6.04. The number of halogens is 1. The van der Waals surface area contributed by atoms with Crippen molar-refractivity contribution < 1.29 is 9.59 Å². The van der Waals surface area contributed by atoms with Crippen molar-refractivity contribution in [2.45, 2.75) is 25.3 Å². The Morgan fingerprint density at radius 1 is 1.44 bits per heavy atom. The van der Waals surface area contributed by atoms with Gasteiger partial charge < -0.3 is 15.5 Å². The lowest BCUT2D eigenvalue weighted by molar-refractivity contribution is -0.134. The molecule has 2 amide bonds. The minimum atomic E-state index is -0.192. The van der Waals surface area contributed by atoms with Crippen LogP contribution in [0.1, 0.15) is 19.3 Å². The average Bonchev–Trinajstić information content (AvgIpc) is 2.66. The molecule has 1 unspecified atom stereocenters. The average molecular weight is 250 g/mol. The van der Waals surface area contributed by atoms with E-state index in [0.29, 0.717) is 12.6 Å². The highest BCUT2D eigenvalue weighted by molar-refractivity contribution is 5.96. The van der Waals surface area contributed by atoms with Crippen LogP contribution in [0.2, 0.25) is 0 Å². The van der Waals surface area contributed by atoms with Crippen LogP contribution in [0.3, 0.4) is 0 Å². The molecule has 1 heterocycles. The van der Waals surface area contributed by atoms with E-state index in [1.54, 1.807) is 14.1 Å². The fourth-order valence-corrected chi connectivity index (χ4v) is 1.53. The molecule has 0 spiro atoms. The Bertz CT molecular complexity index is 240. The SMILES string of the molecule is CN(C)C(=O)CC(=O)NCC1CCCN1.Cl. The van der Waals surface area contributed by atoms with E-state index < -0.39 is 0 Å². The third-order valence-electron chi connectivity index (χ3n) is 2.52. The number of amides is 2. The van der Waals surface area contributed by atoms with Gasteiger partial charge in [-0.1, -0.05) is 0 Å². The summed E-state index contributed by atoms with van der Waals surface area (Å²) in [7, 11) is 3.29. The van der Waals surface area contributed by atoms with Crippen molar-refractivity contribution in [1.29, 1.82) is 0 Å². The molecule has 2 N–H and O–H groups in total. The summed E-state index contributed by atoms with van der Waals surface area (Å²) >= 11 is 0. The lowest BCUT2D eigenvalue weighted by Gasteiger charge is -2.13. The van der Waals surface area contributed by atoms with Crippen molar-refractivity contribution in [3.8, 4) is 0 Å². The molecule has 0 bridgehead atoms. The molecule has 1 saturated heterocycles. The summed E-state index contributed by atoms with van der Waals surface area (Å²) in [6, 6.07) is 0.378. The summed E-state index contributed by atoms with van der Waals surface area (Å²) in [4.78, 5) is 24.0. The smallest absolute Gasteiger partial charge is 0.231 e. The number of nitrogens with one attached hydrogen (secondary N) is 2. The molecule has 0 aromatic carbocycles. The largest absolute Gasteiger partial charge is 0.354 e. The highest BCUT2D eigenvalue weighted by Gasteiger charge is 2.16. The standard InChI is InChI=1S/C10H19N3O2.ClH/c1-13(2)10(15)6-9(14)12-7-8-4-3-5-11-8;/h8,11H,3-7H2,1-2H3,(H,12,14);1H. The zero-order valence-corrected chi connectivity index (χ0v) is 10.6. The van der Waals surface area contributed by atoms with Gasteiger partial charge in [0, 0.05) is 26.7 Å². The third-order valence-corrected chi connectivity index (χ3v) is 2.52. The number of carbonyl (C=O) groups excluding carboxylic acids is 2. The monoisotopic (exact) mass is 249 g/mol. The molecule has 0 aromatic rings. The van der Waals surface area contributed by atoms with Gasteiger partial charge in [0.15, 0.2) is 0 Å². The second kappa shape index (κ2) is 7.46. The first kappa shape index (κ1) is 15.2. The molecule has 6 heteroatoms. The van der Waals surface area contributed by atoms with Crippen LogP contribution in [0.25, 0.3) is 0 Å². The quantitative estimate of drug-likeness (QED) is 0.676. The predicted molar refractivity (Wildman–Crippen MR) is 64.6 cm³/mol. The van der Waals surface area contributed by atoms with E-state index in [-0.39, 0.29) is 30.6 Å². The van der Waals surface area contributed by atoms with Crippen LogP contribution in [0.5, 0.6) is 0 Å². The van der Waals surface area contributed by atoms with Crippen molar-refractivity contribution in [2.24, 2.45) is 0 Å². The first-order valence-electron chi connectivity index (χ1n) is 5.30. The number of carbonyl (C=O) groups is 2. The van der Waals surface area contributed by atoms with Gasteiger partial charge >= 0.3 is 0 Å². The molecule has 1 atom stereocenters. The molecule has 1 aliphatic heterocycles. The highest BCUT2D eigenvalue weighted by atomic mass is 35.5. The Labute approximate surface area is 102 Å². The maximum Gasteiger partial charge on any atom is 0.231 e. The van der Waals surface area contributed by atoms with Crippen molar-refractivity contribution >= 4 is 24.2 Å². The zero-order valence-electron chi connectivity index (χ0n) is 9.78. The molecule has 0 aliphatic carbocycles. The number of rotatable bonds is 4. The maximum absolute atomic E-state index is 11.3. The van der Waals surface area contributed by atoms with Gasteiger partial charge in [-0.3, -0.25) is 9.59 Å². The molecular formula is C10H20ClN3O2. The Morgan fingerprint density at radius 3 is 2.62 bits per heavy atom. The van der Waals surface area contributed by atoms with Gasteiger partial charge in [0.05, 0.1) is 0 Å². The Morgan fingerprint density at radius 2 is 2.12 bits per heavy atom. The Balaban J connectivity index is 0.00000225. The molecule has 0 saturated carbocycles. The number of hydrogen-bond acceptors (Lipinski definition) is 3. The predicted octanol–water partition coefficient (Wildman–Crippen LogP) is -0.245. The first-order chi connectivity index (χ1) is 7.09. The Kier molecular flexibility index (Phi) is 7.08. The summed E-state index contributed by atoms with van der Waals surface area (Å²) in [6.07, 6.45) is 2.21. The van der Waals surface area contributed by atoms with Crippen molar-refractivity contribution in [3.05, 3.63) is 0 Å². The van der Waals surface area contributed by atoms with Gasteiger partial charge in [0.25, 0.3) is 0 Å². The minimum absolute atomic E-state index is 0. The second-order valence-electron chi connectivity index (χ2n) is 4.06. The second-order valence-corrected chi connectivity index (χ2v) is 4.06. The molecule has 5 nitrogen and oxygen atoms in total. The van der Waals surface area contributed by atoms with Gasteiger partial charge in [-0.05, 0) is 19.4 Å². The van der Waals surface area contributed by atoms with Gasteiger partial charge in [0.1, 0.15) is 6.42 Å². The van der Waals surface area contributed by atoms with E-state index in [4.69, 9.17) is 0 Å². The maximum atomic E-state index is 11.3. The van der Waals surface area contributed by atoms with E-state index in [1.807, 2.05) is 0 Å². The molecule has 1 aliphatic rings. The van der Waals surface area contributed by atoms with Crippen LogP contribution in [-0.4, -0.2) is 49.9 Å². The lowest BCUT2D eigenvalue weighted by atomic mass is 10.2. The molecule has 94 valence electrons. The van der Waals surface area contributed by atoms with E-state index >= 15 is 0 Å². The van der Waals surface area contributed by atoms with Crippen LogP contribution in [0.4, 0.5) is 0 Å². The van der Waals surface area contributed by atoms with Gasteiger partial charge in [-0.15, -0.1) is 12.4 Å². The van der Waals surface area contributed by atoms with Crippen LogP contribution in [-0.2, 0) is 9.59 Å². The Hall–Kier alpha value is -0.810. The number of nitrogens with zero attached hydrogens (tertiary/aromatic N) is 1. The van der Waals surface area contributed by atoms with Gasteiger partial charge in [0.2, 0.25) is 11.8 Å². The fraction of sp³-hybridized carbons (Fsp3) is 0.800.